The van der Waals surface area contributed by atoms with Gasteiger partial charge in [-0.15, -0.1) is 0 Å². The number of carbonyl (C=O) groups excluding carboxylic acids is 2. The third-order valence-electron chi connectivity index (χ3n) is 3.44. The average molecular weight is 240 g/mol. The monoisotopic (exact) mass is 240 g/mol. The van der Waals surface area contributed by atoms with Gasteiger partial charge in [0.05, 0.1) is 19.8 Å². The highest BCUT2D eigenvalue weighted by Gasteiger charge is 2.58. The van der Waals surface area contributed by atoms with Crippen LogP contribution < -0.4 is 0 Å². The van der Waals surface area contributed by atoms with Crippen LogP contribution in [0, 0.1) is 0 Å². The third kappa shape index (κ3) is 2.16. The summed E-state index contributed by atoms with van der Waals surface area (Å²) in [6, 6.07) is 0. The molecule has 1 heterocycles. The second kappa shape index (κ2) is 4.09. The van der Waals surface area contributed by atoms with Gasteiger partial charge in [-0.1, -0.05) is 0 Å². The Balaban J connectivity index is 2.07. The Morgan fingerprint density at radius 2 is 1.88 bits per heavy atom. The van der Waals surface area contributed by atoms with Crippen LogP contribution in [0.4, 0.5) is 0 Å². The highest BCUT2D eigenvalue weighted by Crippen LogP contribution is 2.53. The van der Waals surface area contributed by atoms with Crippen molar-refractivity contribution in [1.82, 2.24) is 0 Å². The smallest absolute Gasteiger partial charge is 0.335 e. The molecule has 0 aromatic carbocycles. The van der Waals surface area contributed by atoms with Crippen LogP contribution in [0.15, 0.2) is 10.2 Å². The zero-order valence-corrected chi connectivity index (χ0v) is 10.1. The van der Waals surface area contributed by atoms with E-state index in [1.807, 2.05) is 0 Å². The van der Waals surface area contributed by atoms with E-state index in [0.717, 1.165) is 12.8 Å². The molecule has 0 aromatic rings. The molecule has 1 atom stereocenters. The van der Waals surface area contributed by atoms with Gasteiger partial charge in [0.2, 0.25) is 0 Å². The van der Waals surface area contributed by atoms with Crippen molar-refractivity contribution in [3.63, 3.8) is 0 Å². The fourth-order valence-electron chi connectivity index (χ4n) is 2.19. The first-order valence-corrected chi connectivity index (χ1v) is 5.65. The third-order valence-corrected chi connectivity index (χ3v) is 3.44. The van der Waals surface area contributed by atoms with Gasteiger partial charge < -0.3 is 9.47 Å². The van der Waals surface area contributed by atoms with Crippen molar-refractivity contribution in [2.75, 3.05) is 14.2 Å². The molecule has 1 aliphatic carbocycles. The molecule has 17 heavy (non-hydrogen) atoms. The first kappa shape index (κ1) is 12.0. The number of hydrogen-bond acceptors (Lipinski definition) is 6. The number of methoxy groups -OCH3 is 2. The first-order chi connectivity index (χ1) is 8.06. The molecule has 0 unspecified atom stereocenters. The SMILES string of the molecule is COC(=O)CC[C@@]1(C(=O)OC)CC2(CC2)N=N1. The summed E-state index contributed by atoms with van der Waals surface area (Å²) in [7, 11) is 2.65. The Hall–Kier alpha value is -1.46. The lowest BCUT2D eigenvalue weighted by Crippen LogP contribution is -2.38. The van der Waals surface area contributed by atoms with Crippen molar-refractivity contribution in [3.05, 3.63) is 0 Å². The summed E-state index contributed by atoms with van der Waals surface area (Å²) >= 11 is 0. The molecule has 0 N–H and O–H groups in total. The van der Waals surface area contributed by atoms with Crippen molar-refractivity contribution in [3.8, 4) is 0 Å². The van der Waals surface area contributed by atoms with E-state index >= 15 is 0 Å². The van der Waals surface area contributed by atoms with Gasteiger partial charge in [-0.2, -0.15) is 10.2 Å². The van der Waals surface area contributed by atoms with Crippen LogP contribution in [-0.2, 0) is 19.1 Å². The van der Waals surface area contributed by atoms with E-state index in [-0.39, 0.29) is 17.9 Å². The molecular formula is C11H16N2O4. The number of azo groups is 1. The molecule has 6 nitrogen and oxygen atoms in total. The van der Waals surface area contributed by atoms with Gasteiger partial charge in [-0.25, -0.2) is 4.79 Å². The molecule has 0 saturated heterocycles. The number of carbonyl (C=O) groups is 2. The molecular weight excluding hydrogens is 224 g/mol. The predicted molar refractivity (Wildman–Crippen MR) is 57.4 cm³/mol. The molecule has 2 rings (SSSR count). The summed E-state index contributed by atoms with van der Waals surface area (Å²) < 4.78 is 9.35. The molecule has 1 saturated carbocycles. The van der Waals surface area contributed by atoms with Gasteiger partial charge >= 0.3 is 11.9 Å². The summed E-state index contributed by atoms with van der Waals surface area (Å²) in [4.78, 5) is 23.0. The van der Waals surface area contributed by atoms with E-state index in [0.29, 0.717) is 12.8 Å². The van der Waals surface area contributed by atoms with Crippen LogP contribution in [0.5, 0.6) is 0 Å². The summed E-state index contributed by atoms with van der Waals surface area (Å²) in [6.07, 6.45) is 2.95. The van der Waals surface area contributed by atoms with E-state index in [1.54, 1.807) is 0 Å². The van der Waals surface area contributed by atoms with Gasteiger partial charge in [-0.05, 0) is 19.3 Å². The van der Waals surface area contributed by atoms with Crippen LogP contribution in [0.2, 0.25) is 0 Å². The van der Waals surface area contributed by atoms with Gasteiger partial charge in [0.1, 0.15) is 0 Å². The van der Waals surface area contributed by atoms with Crippen molar-refractivity contribution in [2.24, 2.45) is 10.2 Å². The Kier molecular flexibility index (Phi) is 2.89. The first-order valence-electron chi connectivity index (χ1n) is 5.65. The van der Waals surface area contributed by atoms with E-state index in [9.17, 15) is 9.59 Å². The number of nitrogens with zero attached hydrogens (tertiary/aromatic N) is 2. The summed E-state index contributed by atoms with van der Waals surface area (Å²) in [5.74, 6) is -0.755. The number of ether oxygens (including phenoxy) is 2. The molecule has 1 spiro atoms. The zero-order valence-electron chi connectivity index (χ0n) is 10.1. The Morgan fingerprint density at radius 1 is 1.18 bits per heavy atom. The van der Waals surface area contributed by atoms with Gasteiger partial charge in [0.15, 0.2) is 5.54 Å². The van der Waals surface area contributed by atoms with Gasteiger partial charge in [0.25, 0.3) is 0 Å². The minimum Gasteiger partial charge on any atom is -0.469 e. The van der Waals surface area contributed by atoms with Crippen molar-refractivity contribution in [1.29, 1.82) is 0 Å². The summed E-state index contributed by atoms with van der Waals surface area (Å²) in [6.45, 7) is 0. The van der Waals surface area contributed by atoms with Crippen molar-refractivity contribution in [2.45, 2.75) is 43.2 Å². The van der Waals surface area contributed by atoms with Gasteiger partial charge in [0, 0.05) is 12.8 Å². The lowest BCUT2D eigenvalue weighted by atomic mass is 9.87. The fourth-order valence-corrected chi connectivity index (χ4v) is 2.19. The van der Waals surface area contributed by atoms with Gasteiger partial charge in [-0.3, -0.25) is 4.79 Å². The topological polar surface area (TPSA) is 77.3 Å². The maximum absolute atomic E-state index is 11.8. The van der Waals surface area contributed by atoms with Crippen molar-refractivity contribution >= 4 is 11.9 Å². The zero-order chi connectivity index (χ0) is 12.5. The molecule has 1 fully saturated rings. The normalized spacial score (nSPS) is 28.1. The minimum absolute atomic E-state index is 0.149. The van der Waals surface area contributed by atoms with E-state index < -0.39 is 11.5 Å². The quantitative estimate of drug-likeness (QED) is 0.692. The maximum Gasteiger partial charge on any atom is 0.335 e. The van der Waals surface area contributed by atoms with Crippen LogP contribution in [-0.4, -0.2) is 37.2 Å². The molecule has 2 aliphatic rings. The Bertz CT molecular complexity index is 376. The van der Waals surface area contributed by atoms with E-state index in [2.05, 4.69) is 15.0 Å². The standard InChI is InChI=1S/C11H16N2O4/c1-16-8(14)3-4-11(9(15)17-2)7-10(5-6-10)12-13-11/h3-7H2,1-2H3/t11-/m0/s1. The summed E-state index contributed by atoms with van der Waals surface area (Å²) in [5.41, 5.74) is -1.12. The largest absolute Gasteiger partial charge is 0.469 e. The second-order valence-corrected chi connectivity index (χ2v) is 4.70. The predicted octanol–water partition coefficient (Wildman–Crippen LogP) is 1.24. The lowest BCUT2D eigenvalue weighted by Gasteiger charge is -2.21. The lowest BCUT2D eigenvalue weighted by molar-refractivity contribution is -0.148. The second-order valence-electron chi connectivity index (χ2n) is 4.70. The van der Waals surface area contributed by atoms with Crippen LogP contribution in [0.25, 0.3) is 0 Å². The van der Waals surface area contributed by atoms with Crippen LogP contribution in [0.1, 0.15) is 32.1 Å². The van der Waals surface area contributed by atoms with Crippen LogP contribution in [0.3, 0.4) is 0 Å². The Labute approximate surface area is 99.4 Å². The highest BCUT2D eigenvalue weighted by molar-refractivity contribution is 5.82. The molecule has 1 aliphatic heterocycles. The van der Waals surface area contributed by atoms with Crippen LogP contribution >= 0.6 is 0 Å². The number of rotatable bonds is 4. The molecule has 6 heteroatoms. The number of hydrogen-bond donors (Lipinski definition) is 0. The number of esters is 2. The summed E-state index contributed by atoms with van der Waals surface area (Å²) in [5, 5.41) is 8.28. The van der Waals surface area contributed by atoms with Crippen molar-refractivity contribution < 1.29 is 19.1 Å². The Morgan fingerprint density at radius 3 is 2.35 bits per heavy atom. The van der Waals surface area contributed by atoms with E-state index in [4.69, 9.17) is 4.74 Å². The maximum atomic E-state index is 11.8. The highest BCUT2D eigenvalue weighted by atomic mass is 16.5. The van der Waals surface area contributed by atoms with E-state index in [1.165, 1.54) is 14.2 Å². The molecule has 0 bridgehead atoms. The average Bonchev–Trinajstić information content (AvgIpc) is 2.99. The molecule has 0 radical (unpaired) electrons. The molecule has 94 valence electrons. The fraction of sp³-hybridized carbons (Fsp3) is 0.818. The molecule has 0 aromatic heterocycles. The minimum atomic E-state index is -0.973. The molecule has 0 amide bonds.